The number of aromatic nitrogens is 1. The average molecular weight is 320 g/mol. The van der Waals surface area contributed by atoms with Crippen LogP contribution in [0, 0.1) is 0 Å². The first kappa shape index (κ1) is 12.7. The zero-order valence-corrected chi connectivity index (χ0v) is 12.7. The quantitative estimate of drug-likeness (QED) is 0.377. The number of fused-ring (bicyclic) bond motifs is 4. The SMILES string of the molecule is Clc1cccc2c1oc1cc3nc(-c4ccccc4)oc3cc12. The van der Waals surface area contributed by atoms with E-state index in [4.69, 9.17) is 20.4 Å². The molecule has 3 aromatic carbocycles. The van der Waals surface area contributed by atoms with Crippen molar-refractivity contribution in [3.05, 3.63) is 65.7 Å². The highest BCUT2D eigenvalue weighted by molar-refractivity contribution is 6.35. The number of oxazole rings is 1. The Morgan fingerprint density at radius 3 is 2.52 bits per heavy atom. The van der Waals surface area contributed by atoms with Crippen molar-refractivity contribution in [2.45, 2.75) is 0 Å². The van der Waals surface area contributed by atoms with Crippen molar-refractivity contribution in [1.29, 1.82) is 0 Å². The topological polar surface area (TPSA) is 39.2 Å². The van der Waals surface area contributed by atoms with Gasteiger partial charge in [0.05, 0.1) is 5.02 Å². The molecule has 0 atom stereocenters. The number of benzene rings is 3. The maximum atomic E-state index is 6.21. The Morgan fingerprint density at radius 2 is 1.65 bits per heavy atom. The molecule has 0 bridgehead atoms. The summed E-state index contributed by atoms with van der Waals surface area (Å²) < 4.78 is 11.8. The summed E-state index contributed by atoms with van der Waals surface area (Å²) in [6, 6.07) is 19.4. The fraction of sp³-hybridized carbons (Fsp3) is 0. The second-order valence-electron chi connectivity index (χ2n) is 5.42. The molecule has 2 heterocycles. The Bertz CT molecular complexity index is 1170. The van der Waals surface area contributed by atoms with Crippen LogP contribution in [0.15, 0.2) is 69.5 Å². The van der Waals surface area contributed by atoms with Crippen molar-refractivity contribution in [2.24, 2.45) is 0 Å². The third-order valence-corrected chi connectivity index (χ3v) is 4.28. The average Bonchev–Trinajstić information content (AvgIpc) is 3.15. The van der Waals surface area contributed by atoms with E-state index >= 15 is 0 Å². The number of furan rings is 1. The number of hydrogen-bond donors (Lipinski definition) is 0. The van der Waals surface area contributed by atoms with Gasteiger partial charge in [0.2, 0.25) is 5.89 Å². The first-order chi connectivity index (χ1) is 11.3. The molecule has 23 heavy (non-hydrogen) atoms. The van der Waals surface area contributed by atoms with Crippen molar-refractivity contribution in [3.8, 4) is 11.5 Å². The maximum absolute atomic E-state index is 6.21. The lowest BCUT2D eigenvalue weighted by atomic mass is 10.1. The molecule has 110 valence electrons. The largest absolute Gasteiger partial charge is 0.454 e. The van der Waals surface area contributed by atoms with Crippen LogP contribution in [0.25, 0.3) is 44.5 Å². The van der Waals surface area contributed by atoms with Crippen LogP contribution in [-0.4, -0.2) is 4.98 Å². The van der Waals surface area contributed by atoms with Crippen LogP contribution < -0.4 is 0 Å². The molecule has 0 saturated heterocycles. The molecule has 0 saturated carbocycles. The van der Waals surface area contributed by atoms with Crippen LogP contribution in [0.5, 0.6) is 0 Å². The zero-order valence-electron chi connectivity index (χ0n) is 11.9. The summed E-state index contributed by atoms with van der Waals surface area (Å²) in [5, 5.41) is 2.56. The second kappa shape index (κ2) is 4.61. The van der Waals surface area contributed by atoms with Gasteiger partial charge in [0.25, 0.3) is 0 Å². The van der Waals surface area contributed by atoms with Gasteiger partial charge in [-0.1, -0.05) is 41.9 Å². The van der Waals surface area contributed by atoms with Crippen molar-refractivity contribution in [3.63, 3.8) is 0 Å². The third kappa shape index (κ3) is 1.87. The smallest absolute Gasteiger partial charge is 0.227 e. The van der Waals surface area contributed by atoms with Crippen LogP contribution in [0.2, 0.25) is 5.02 Å². The summed E-state index contributed by atoms with van der Waals surface area (Å²) in [7, 11) is 0. The Balaban J connectivity index is 1.81. The van der Waals surface area contributed by atoms with E-state index in [1.807, 2.05) is 60.7 Å². The Labute approximate surface area is 136 Å². The number of nitrogens with zero attached hydrogens (tertiary/aromatic N) is 1. The van der Waals surface area contributed by atoms with Gasteiger partial charge in [-0.3, -0.25) is 0 Å². The standard InChI is InChI=1S/C19H10ClNO2/c20-14-8-4-7-12-13-9-17-15(10-16(13)22-18(12)14)21-19(23-17)11-5-2-1-3-6-11/h1-10H. The Morgan fingerprint density at radius 1 is 0.783 bits per heavy atom. The van der Waals surface area contributed by atoms with Crippen LogP contribution in [0.3, 0.4) is 0 Å². The summed E-state index contributed by atoms with van der Waals surface area (Å²) in [6.07, 6.45) is 0. The molecule has 3 nitrogen and oxygen atoms in total. The molecule has 0 fully saturated rings. The molecule has 2 aromatic heterocycles. The van der Waals surface area contributed by atoms with E-state index in [1.165, 1.54) is 0 Å². The van der Waals surface area contributed by atoms with Crippen LogP contribution >= 0.6 is 11.6 Å². The Hall–Kier alpha value is -2.78. The molecule has 0 amide bonds. The van der Waals surface area contributed by atoms with Gasteiger partial charge in [0.1, 0.15) is 11.1 Å². The summed E-state index contributed by atoms with van der Waals surface area (Å²) in [6.45, 7) is 0. The van der Waals surface area contributed by atoms with Crippen LogP contribution in [0.1, 0.15) is 0 Å². The fourth-order valence-electron chi connectivity index (χ4n) is 2.89. The van der Waals surface area contributed by atoms with E-state index in [-0.39, 0.29) is 0 Å². The predicted molar refractivity (Wildman–Crippen MR) is 91.7 cm³/mol. The summed E-state index contributed by atoms with van der Waals surface area (Å²) >= 11 is 6.21. The first-order valence-electron chi connectivity index (χ1n) is 7.26. The summed E-state index contributed by atoms with van der Waals surface area (Å²) in [4.78, 5) is 4.57. The molecule has 0 aliphatic carbocycles. The van der Waals surface area contributed by atoms with Crippen LogP contribution in [0.4, 0.5) is 0 Å². The second-order valence-corrected chi connectivity index (χ2v) is 5.83. The van der Waals surface area contributed by atoms with Gasteiger partial charge >= 0.3 is 0 Å². The summed E-state index contributed by atoms with van der Waals surface area (Å²) in [5.41, 5.74) is 3.91. The molecule has 0 radical (unpaired) electrons. The van der Waals surface area contributed by atoms with E-state index < -0.39 is 0 Å². The van der Waals surface area contributed by atoms with Crippen molar-refractivity contribution >= 4 is 44.6 Å². The van der Waals surface area contributed by atoms with E-state index in [0.29, 0.717) is 16.5 Å². The highest BCUT2D eigenvalue weighted by Crippen LogP contribution is 2.36. The molecular weight excluding hydrogens is 310 g/mol. The molecule has 5 rings (SSSR count). The molecule has 0 unspecified atom stereocenters. The van der Waals surface area contributed by atoms with Gasteiger partial charge in [0.15, 0.2) is 11.2 Å². The van der Waals surface area contributed by atoms with Gasteiger partial charge in [0, 0.05) is 22.4 Å². The van der Waals surface area contributed by atoms with E-state index in [0.717, 1.165) is 33.0 Å². The lowest BCUT2D eigenvalue weighted by molar-refractivity contribution is 0.620. The fourth-order valence-corrected chi connectivity index (χ4v) is 3.10. The number of hydrogen-bond acceptors (Lipinski definition) is 3. The minimum atomic E-state index is 0.605. The third-order valence-electron chi connectivity index (χ3n) is 3.98. The normalized spacial score (nSPS) is 11.7. The zero-order chi connectivity index (χ0) is 15.4. The molecule has 0 aliphatic heterocycles. The number of para-hydroxylation sites is 1. The van der Waals surface area contributed by atoms with Gasteiger partial charge in [-0.2, -0.15) is 0 Å². The van der Waals surface area contributed by atoms with Crippen molar-refractivity contribution in [2.75, 3.05) is 0 Å². The minimum Gasteiger partial charge on any atom is -0.454 e. The minimum absolute atomic E-state index is 0.605. The molecule has 4 heteroatoms. The van der Waals surface area contributed by atoms with Gasteiger partial charge in [-0.25, -0.2) is 4.98 Å². The maximum Gasteiger partial charge on any atom is 0.227 e. The first-order valence-corrected chi connectivity index (χ1v) is 7.64. The highest BCUT2D eigenvalue weighted by atomic mass is 35.5. The molecule has 0 aliphatic rings. The monoisotopic (exact) mass is 319 g/mol. The van der Waals surface area contributed by atoms with Crippen molar-refractivity contribution < 1.29 is 8.83 Å². The van der Waals surface area contributed by atoms with Crippen LogP contribution in [-0.2, 0) is 0 Å². The molecular formula is C19H10ClNO2. The number of rotatable bonds is 1. The van der Waals surface area contributed by atoms with Gasteiger partial charge < -0.3 is 8.83 Å². The molecule has 0 N–H and O–H groups in total. The van der Waals surface area contributed by atoms with Crippen molar-refractivity contribution in [1.82, 2.24) is 4.98 Å². The van der Waals surface area contributed by atoms with E-state index in [1.54, 1.807) is 0 Å². The van der Waals surface area contributed by atoms with E-state index in [2.05, 4.69) is 4.98 Å². The number of halogens is 1. The lowest BCUT2D eigenvalue weighted by Crippen LogP contribution is -1.74. The lowest BCUT2D eigenvalue weighted by Gasteiger charge is -1.92. The predicted octanol–water partition coefficient (Wildman–Crippen LogP) is 6.05. The Kier molecular flexibility index (Phi) is 2.55. The molecule has 0 spiro atoms. The highest BCUT2D eigenvalue weighted by Gasteiger charge is 2.14. The van der Waals surface area contributed by atoms with Gasteiger partial charge in [-0.05, 0) is 24.3 Å². The summed E-state index contributed by atoms with van der Waals surface area (Å²) in [5.74, 6) is 0.607. The van der Waals surface area contributed by atoms with E-state index in [9.17, 15) is 0 Å². The van der Waals surface area contributed by atoms with Gasteiger partial charge in [-0.15, -0.1) is 0 Å². The molecule has 5 aromatic rings.